The molecule has 7 heteroatoms. The van der Waals surface area contributed by atoms with Gasteiger partial charge >= 0.3 is 5.97 Å². The van der Waals surface area contributed by atoms with Crippen molar-refractivity contribution in [2.24, 2.45) is 0 Å². The molecule has 0 spiro atoms. The van der Waals surface area contributed by atoms with Crippen LogP contribution in [0.2, 0.25) is 0 Å². The molecule has 0 bridgehead atoms. The zero-order chi connectivity index (χ0) is 15.8. The number of amides is 1. The summed E-state index contributed by atoms with van der Waals surface area (Å²) in [6, 6.07) is 4.73. The first kappa shape index (κ1) is 16.8. The van der Waals surface area contributed by atoms with Gasteiger partial charge in [0.2, 0.25) is 0 Å². The van der Waals surface area contributed by atoms with Gasteiger partial charge in [0.05, 0.1) is 20.3 Å². The van der Waals surface area contributed by atoms with Gasteiger partial charge in [0, 0.05) is 12.7 Å². The summed E-state index contributed by atoms with van der Waals surface area (Å²) in [5.41, 5.74) is 0.343. The van der Waals surface area contributed by atoms with Crippen molar-refractivity contribution in [3.05, 3.63) is 23.8 Å². The third kappa shape index (κ3) is 4.64. The summed E-state index contributed by atoms with van der Waals surface area (Å²) in [5, 5.41) is 11.3. The third-order valence-corrected chi connectivity index (χ3v) is 2.73. The van der Waals surface area contributed by atoms with E-state index >= 15 is 0 Å². The van der Waals surface area contributed by atoms with Crippen LogP contribution in [0.5, 0.6) is 11.5 Å². The Morgan fingerprint density at radius 2 is 2.00 bits per heavy atom. The van der Waals surface area contributed by atoms with Gasteiger partial charge in [-0.3, -0.25) is 4.79 Å². The van der Waals surface area contributed by atoms with Crippen LogP contribution in [0.1, 0.15) is 17.3 Å². The van der Waals surface area contributed by atoms with Crippen molar-refractivity contribution in [2.45, 2.75) is 13.0 Å². The maximum absolute atomic E-state index is 12.0. The lowest BCUT2D eigenvalue weighted by Crippen LogP contribution is -2.37. The van der Waals surface area contributed by atoms with Crippen molar-refractivity contribution in [3.8, 4) is 11.5 Å². The minimum absolute atomic E-state index is 0.125. The first-order valence-corrected chi connectivity index (χ1v) is 6.38. The summed E-state index contributed by atoms with van der Waals surface area (Å²) in [7, 11) is 2.75. The maximum atomic E-state index is 12.0. The summed E-state index contributed by atoms with van der Waals surface area (Å²) in [5.74, 6) is -0.579. The summed E-state index contributed by atoms with van der Waals surface area (Å²) in [6.45, 7) is 2.20. The van der Waals surface area contributed by atoms with Gasteiger partial charge in [-0.1, -0.05) is 0 Å². The van der Waals surface area contributed by atoms with Crippen molar-refractivity contribution in [1.82, 2.24) is 5.32 Å². The van der Waals surface area contributed by atoms with Crippen LogP contribution in [-0.2, 0) is 9.53 Å². The first-order chi connectivity index (χ1) is 10.0. The van der Waals surface area contributed by atoms with E-state index in [2.05, 4.69) is 5.32 Å². The fourth-order valence-corrected chi connectivity index (χ4v) is 1.64. The summed E-state index contributed by atoms with van der Waals surface area (Å²) in [4.78, 5) is 22.8. The summed E-state index contributed by atoms with van der Waals surface area (Å²) in [6.07, 6.45) is -1.08. The van der Waals surface area contributed by atoms with Crippen molar-refractivity contribution in [1.29, 1.82) is 0 Å². The number of carboxylic acid groups (broad SMARTS) is 1. The second-order valence-corrected chi connectivity index (χ2v) is 4.07. The van der Waals surface area contributed by atoms with E-state index in [9.17, 15) is 9.59 Å². The van der Waals surface area contributed by atoms with Crippen LogP contribution in [0.3, 0.4) is 0 Å². The van der Waals surface area contributed by atoms with E-state index in [1.54, 1.807) is 12.1 Å². The smallest absolute Gasteiger partial charge is 0.334 e. The van der Waals surface area contributed by atoms with Crippen LogP contribution < -0.4 is 14.8 Å². The second-order valence-electron chi connectivity index (χ2n) is 4.07. The molecule has 116 valence electrons. The van der Waals surface area contributed by atoms with Crippen LogP contribution in [0.25, 0.3) is 0 Å². The lowest BCUT2D eigenvalue weighted by Gasteiger charge is -2.13. The Bertz CT molecular complexity index is 502. The molecule has 0 saturated heterocycles. The number of nitrogens with one attached hydrogen (secondary N) is 1. The average Bonchev–Trinajstić information content (AvgIpc) is 2.48. The van der Waals surface area contributed by atoms with Gasteiger partial charge in [0.15, 0.2) is 17.6 Å². The lowest BCUT2D eigenvalue weighted by atomic mass is 10.2. The van der Waals surface area contributed by atoms with Crippen LogP contribution >= 0.6 is 0 Å². The van der Waals surface area contributed by atoms with Gasteiger partial charge in [-0.05, 0) is 25.1 Å². The number of carbonyl (C=O) groups excluding carboxylic acids is 1. The molecule has 0 aliphatic carbocycles. The van der Waals surface area contributed by atoms with Crippen molar-refractivity contribution in [2.75, 3.05) is 27.4 Å². The maximum Gasteiger partial charge on any atom is 0.334 e. The fraction of sp³-hybridized carbons (Fsp3) is 0.429. The third-order valence-electron chi connectivity index (χ3n) is 2.73. The van der Waals surface area contributed by atoms with Gasteiger partial charge in [-0.25, -0.2) is 4.79 Å². The van der Waals surface area contributed by atoms with Crippen LogP contribution in [0.15, 0.2) is 18.2 Å². The van der Waals surface area contributed by atoms with Crippen LogP contribution in [0, 0.1) is 0 Å². The van der Waals surface area contributed by atoms with Gasteiger partial charge in [-0.2, -0.15) is 0 Å². The highest BCUT2D eigenvalue weighted by atomic mass is 16.5. The van der Waals surface area contributed by atoms with Gasteiger partial charge in [-0.15, -0.1) is 0 Å². The molecule has 0 radical (unpaired) electrons. The number of benzene rings is 1. The minimum atomic E-state index is -1.14. The van der Waals surface area contributed by atoms with E-state index in [1.165, 1.54) is 20.3 Å². The topological polar surface area (TPSA) is 94.1 Å². The minimum Gasteiger partial charge on any atom is -0.493 e. The van der Waals surface area contributed by atoms with Crippen LogP contribution in [-0.4, -0.2) is 50.5 Å². The van der Waals surface area contributed by atoms with Crippen molar-refractivity contribution < 1.29 is 28.9 Å². The molecule has 0 fully saturated rings. The Hall–Kier alpha value is -2.28. The second kappa shape index (κ2) is 8.11. The lowest BCUT2D eigenvalue weighted by molar-refractivity contribution is -0.148. The van der Waals surface area contributed by atoms with E-state index in [-0.39, 0.29) is 6.54 Å². The fourth-order valence-electron chi connectivity index (χ4n) is 1.64. The molecule has 21 heavy (non-hydrogen) atoms. The number of hydrogen-bond acceptors (Lipinski definition) is 5. The number of ether oxygens (including phenoxy) is 3. The van der Waals surface area contributed by atoms with Crippen LogP contribution in [0.4, 0.5) is 0 Å². The monoisotopic (exact) mass is 297 g/mol. The normalized spacial score (nSPS) is 11.6. The molecule has 0 aromatic heterocycles. The molecular formula is C14H19NO6. The number of rotatable bonds is 8. The summed E-state index contributed by atoms with van der Waals surface area (Å²) >= 11 is 0. The molecule has 1 rings (SSSR count). The number of aliphatic carboxylic acids is 1. The SMILES string of the molecule is CCOc1ccc(C(=O)NCC(OC)C(=O)O)cc1OC. The van der Waals surface area contributed by atoms with E-state index in [0.717, 1.165) is 0 Å². The van der Waals surface area contributed by atoms with Crippen molar-refractivity contribution in [3.63, 3.8) is 0 Å². The Balaban J connectivity index is 2.76. The largest absolute Gasteiger partial charge is 0.493 e. The molecule has 1 unspecified atom stereocenters. The quantitative estimate of drug-likeness (QED) is 0.741. The van der Waals surface area contributed by atoms with Gasteiger partial charge in [0.1, 0.15) is 0 Å². The summed E-state index contributed by atoms with van der Waals surface area (Å²) < 4.78 is 15.2. The average molecular weight is 297 g/mol. The number of hydrogen-bond donors (Lipinski definition) is 2. The molecular weight excluding hydrogens is 278 g/mol. The van der Waals surface area contributed by atoms with Crippen molar-refractivity contribution >= 4 is 11.9 Å². The Morgan fingerprint density at radius 1 is 1.29 bits per heavy atom. The Labute approximate surface area is 122 Å². The zero-order valence-electron chi connectivity index (χ0n) is 12.2. The molecule has 0 aliphatic heterocycles. The number of methoxy groups -OCH3 is 2. The standard InChI is InChI=1S/C14H19NO6/c1-4-21-10-6-5-9(7-11(10)19-2)13(16)15-8-12(20-3)14(17)18/h5-7,12H,4,8H2,1-3H3,(H,15,16)(H,17,18). The number of carboxylic acids is 1. The molecule has 0 aliphatic rings. The zero-order valence-corrected chi connectivity index (χ0v) is 12.2. The molecule has 0 heterocycles. The van der Waals surface area contributed by atoms with E-state index in [4.69, 9.17) is 19.3 Å². The van der Waals surface area contributed by atoms with E-state index in [0.29, 0.717) is 23.7 Å². The van der Waals surface area contributed by atoms with E-state index in [1.807, 2.05) is 6.92 Å². The molecule has 2 N–H and O–H groups in total. The Kier molecular flexibility index (Phi) is 6.48. The highest BCUT2D eigenvalue weighted by molar-refractivity contribution is 5.95. The predicted molar refractivity (Wildman–Crippen MR) is 74.9 cm³/mol. The Morgan fingerprint density at radius 3 is 2.52 bits per heavy atom. The number of carbonyl (C=O) groups is 2. The van der Waals surface area contributed by atoms with Gasteiger partial charge in [0.25, 0.3) is 5.91 Å². The first-order valence-electron chi connectivity index (χ1n) is 6.38. The highest BCUT2D eigenvalue weighted by Crippen LogP contribution is 2.27. The molecule has 1 atom stereocenters. The van der Waals surface area contributed by atoms with E-state index < -0.39 is 18.0 Å². The van der Waals surface area contributed by atoms with Gasteiger partial charge < -0.3 is 24.6 Å². The molecule has 7 nitrogen and oxygen atoms in total. The molecule has 0 saturated carbocycles. The molecule has 1 aromatic rings. The highest BCUT2D eigenvalue weighted by Gasteiger charge is 2.18. The molecule has 1 amide bonds. The predicted octanol–water partition coefficient (Wildman–Crippen LogP) is 0.923. The molecule has 1 aromatic carbocycles.